The fourth-order valence-corrected chi connectivity index (χ4v) is 2.95. The second-order valence-corrected chi connectivity index (χ2v) is 6.39. The zero-order valence-corrected chi connectivity index (χ0v) is 13.4. The minimum atomic E-state index is 0.180. The van der Waals surface area contributed by atoms with Gasteiger partial charge in [-0.1, -0.05) is 35.0 Å². The van der Waals surface area contributed by atoms with Crippen LogP contribution in [-0.2, 0) is 4.74 Å². The number of hydrogen-bond donors (Lipinski definition) is 1. The smallest absolute Gasteiger partial charge is 0.321 e. The van der Waals surface area contributed by atoms with Gasteiger partial charge in [0.25, 0.3) is 0 Å². The van der Waals surface area contributed by atoms with Gasteiger partial charge in [-0.25, -0.2) is 0 Å². The number of rotatable bonds is 5. The van der Waals surface area contributed by atoms with Gasteiger partial charge in [0, 0.05) is 31.2 Å². The zero-order valence-electron chi connectivity index (χ0n) is 13.4. The van der Waals surface area contributed by atoms with Gasteiger partial charge in [0.05, 0.1) is 12.7 Å². The molecule has 1 aromatic heterocycles. The van der Waals surface area contributed by atoms with Crippen molar-refractivity contribution in [3.05, 3.63) is 29.8 Å². The van der Waals surface area contributed by atoms with Crippen LogP contribution in [0.25, 0.3) is 11.4 Å². The molecule has 122 valence electrons. The summed E-state index contributed by atoms with van der Waals surface area (Å²) in [5.74, 6) is 0.608. The topological polar surface area (TPSA) is 63.4 Å². The lowest BCUT2D eigenvalue weighted by atomic mass is 10.1. The molecule has 0 amide bonds. The van der Waals surface area contributed by atoms with E-state index in [1.807, 2.05) is 24.3 Å². The van der Waals surface area contributed by atoms with Crippen LogP contribution in [0.4, 0.5) is 6.01 Å². The Morgan fingerprint density at radius 2 is 2.09 bits per heavy atom. The van der Waals surface area contributed by atoms with Gasteiger partial charge in [-0.3, -0.25) is 4.90 Å². The van der Waals surface area contributed by atoms with E-state index in [-0.39, 0.29) is 6.10 Å². The molecule has 0 spiro atoms. The molecule has 1 saturated heterocycles. The maximum atomic E-state index is 5.82. The van der Waals surface area contributed by atoms with Crippen LogP contribution in [0, 0.1) is 6.92 Å². The van der Waals surface area contributed by atoms with Gasteiger partial charge in [0.2, 0.25) is 5.82 Å². The predicted octanol–water partition coefficient (Wildman–Crippen LogP) is 2.32. The number of benzene rings is 1. The first-order chi connectivity index (χ1) is 11.3. The van der Waals surface area contributed by atoms with E-state index in [4.69, 9.17) is 9.26 Å². The molecule has 1 saturated carbocycles. The molecule has 23 heavy (non-hydrogen) atoms. The Hall–Kier alpha value is -1.92. The van der Waals surface area contributed by atoms with Crippen molar-refractivity contribution < 1.29 is 9.26 Å². The standard InChI is InChI=1S/C17H22N4O2/c1-12-2-4-13(5-3-12)16-19-17(23-20-16)18-10-15-11-21(8-9-22-15)14-6-7-14/h2-5,14-15H,6-11H2,1H3,(H,18,19,20)/t15-/m1/s1. The van der Waals surface area contributed by atoms with Crippen LogP contribution in [0.1, 0.15) is 18.4 Å². The highest BCUT2D eigenvalue weighted by Gasteiger charge is 2.32. The SMILES string of the molecule is Cc1ccc(-c2noc(NC[C@@H]3CN(C4CC4)CCO3)n2)cc1. The van der Waals surface area contributed by atoms with Crippen molar-refractivity contribution in [3.63, 3.8) is 0 Å². The van der Waals surface area contributed by atoms with Gasteiger partial charge < -0.3 is 14.6 Å². The Morgan fingerprint density at radius 3 is 2.87 bits per heavy atom. The first-order valence-corrected chi connectivity index (χ1v) is 8.28. The monoisotopic (exact) mass is 314 g/mol. The fraction of sp³-hybridized carbons (Fsp3) is 0.529. The number of aryl methyl sites for hydroxylation is 1. The molecule has 1 aliphatic carbocycles. The molecule has 1 aromatic carbocycles. The molecular formula is C17H22N4O2. The zero-order chi connectivity index (χ0) is 15.6. The quantitative estimate of drug-likeness (QED) is 0.914. The molecule has 4 rings (SSSR count). The van der Waals surface area contributed by atoms with Crippen molar-refractivity contribution in [2.75, 3.05) is 31.6 Å². The second-order valence-electron chi connectivity index (χ2n) is 6.39. The maximum absolute atomic E-state index is 5.82. The van der Waals surface area contributed by atoms with Crippen molar-refractivity contribution in [3.8, 4) is 11.4 Å². The van der Waals surface area contributed by atoms with Crippen LogP contribution >= 0.6 is 0 Å². The number of nitrogens with one attached hydrogen (secondary N) is 1. The lowest BCUT2D eigenvalue weighted by Crippen LogP contribution is -2.46. The van der Waals surface area contributed by atoms with Crippen LogP contribution in [0.5, 0.6) is 0 Å². The molecule has 6 heteroatoms. The fourth-order valence-electron chi connectivity index (χ4n) is 2.95. The third-order valence-electron chi connectivity index (χ3n) is 4.45. The van der Waals surface area contributed by atoms with Crippen molar-refractivity contribution >= 4 is 6.01 Å². The summed E-state index contributed by atoms with van der Waals surface area (Å²) in [5, 5.41) is 7.24. The average molecular weight is 314 g/mol. The van der Waals surface area contributed by atoms with Crippen LogP contribution in [0.2, 0.25) is 0 Å². The van der Waals surface area contributed by atoms with E-state index in [0.717, 1.165) is 31.3 Å². The summed E-state index contributed by atoms with van der Waals surface area (Å²) in [7, 11) is 0. The average Bonchev–Trinajstić information content (AvgIpc) is 3.33. The molecule has 2 heterocycles. The van der Waals surface area contributed by atoms with E-state index < -0.39 is 0 Å². The lowest BCUT2D eigenvalue weighted by molar-refractivity contribution is -0.0243. The summed E-state index contributed by atoms with van der Waals surface area (Å²) < 4.78 is 11.1. The van der Waals surface area contributed by atoms with Gasteiger partial charge in [0.15, 0.2) is 0 Å². The van der Waals surface area contributed by atoms with Crippen molar-refractivity contribution in [1.29, 1.82) is 0 Å². The number of hydrogen-bond acceptors (Lipinski definition) is 6. The van der Waals surface area contributed by atoms with E-state index in [9.17, 15) is 0 Å². The summed E-state index contributed by atoms with van der Waals surface area (Å²) in [6.07, 6.45) is 2.85. The first kappa shape index (κ1) is 14.7. The molecule has 2 fully saturated rings. The van der Waals surface area contributed by atoms with Crippen molar-refractivity contribution in [2.24, 2.45) is 0 Å². The van der Waals surface area contributed by atoms with E-state index >= 15 is 0 Å². The minimum Gasteiger partial charge on any atom is -0.374 e. The molecule has 1 N–H and O–H groups in total. The molecule has 0 bridgehead atoms. The van der Waals surface area contributed by atoms with E-state index in [1.54, 1.807) is 0 Å². The van der Waals surface area contributed by atoms with Crippen LogP contribution in [0.15, 0.2) is 28.8 Å². The maximum Gasteiger partial charge on any atom is 0.321 e. The Bertz CT molecular complexity index is 651. The number of morpholine rings is 1. The van der Waals surface area contributed by atoms with Crippen molar-refractivity contribution in [2.45, 2.75) is 31.9 Å². The highest BCUT2D eigenvalue weighted by atomic mass is 16.5. The Morgan fingerprint density at radius 1 is 1.26 bits per heavy atom. The van der Waals surface area contributed by atoms with E-state index in [0.29, 0.717) is 18.4 Å². The molecule has 2 aromatic rings. The molecule has 2 aliphatic rings. The van der Waals surface area contributed by atoms with Crippen LogP contribution in [-0.4, -0.2) is 53.4 Å². The molecule has 1 atom stereocenters. The molecular weight excluding hydrogens is 292 g/mol. The Kier molecular flexibility index (Phi) is 4.01. The Balaban J connectivity index is 1.33. The summed E-state index contributed by atoms with van der Waals surface area (Å²) in [6, 6.07) is 9.33. The normalized spacial score (nSPS) is 22.2. The third kappa shape index (κ3) is 3.54. The highest BCUT2D eigenvalue weighted by molar-refractivity contribution is 5.55. The highest BCUT2D eigenvalue weighted by Crippen LogP contribution is 2.28. The summed E-state index contributed by atoms with van der Waals surface area (Å²) >= 11 is 0. The largest absolute Gasteiger partial charge is 0.374 e. The summed E-state index contributed by atoms with van der Waals surface area (Å²) in [4.78, 5) is 6.93. The second kappa shape index (κ2) is 6.29. The number of anilines is 1. The number of nitrogens with zero attached hydrogens (tertiary/aromatic N) is 3. The van der Waals surface area contributed by atoms with E-state index in [2.05, 4.69) is 27.3 Å². The minimum absolute atomic E-state index is 0.180. The lowest BCUT2D eigenvalue weighted by Gasteiger charge is -2.32. The van der Waals surface area contributed by atoms with Gasteiger partial charge in [0.1, 0.15) is 0 Å². The summed E-state index contributed by atoms with van der Waals surface area (Å²) in [5.41, 5.74) is 2.17. The number of aromatic nitrogens is 2. The molecule has 1 aliphatic heterocycles. The van der Waals surface area contributed by atoms with Gasteiger partial charge in [-0.15, -0.1) is 0 Å². The van der Waals surface area contributed by atoms with Gasteiger partial charge >= 0.3 is 6.01 Å². The van der Waals surface area contributed by atoms with Gasteiger partial charge in [-0.05, 0) is 19.8 Å². The molecule has 0 unspecified atom stereocenters. The first-order valence-electron chi connectivity index (χ1n) is 8.28. The van der Waals surface area contributed by atoms with Crippen LogP contribution < -0.4 is 5.32 Å². The van der Waals surface area contributed by atoms with Gasteiger partial charge in [-0.2, -0.15) is 4.98 Å². The number of ether oxygens (including phenoxy) is 1. The predicted molar refractivity (Wildman–Crippen MR) is 87.3 cm³/mol. The van der Waals surface area contributed by atoms with Crippen molar-refractivity contribution in [1.82, 2.24) is 15.0 Å². The molecule has 6 nitrogen and oxygen atoms in total. The Labute approximate surface area is 135 Å². The third-order valence-corrected chi connectivity index (χ3v) is 4.45. The molecule has 0 radical (unpaired) electrons. The van der Waals surface area contributed by atoms with Crippen LogP contribution in [0.3, 0.4) is 0 Å². The summed E-state index contributed by atoms with van der Waals surface area (Å²) in [6.45, 7) is 5.60. The van der Waals surface area contributed by atoms with E-state index in [1.165, 1.54) is 18.4 Å².